The first kappa shape index (κ1) is 17.2. The van der Waals surface area contributed by atoms with Gasteiger partial charge in [0.1, 0.15) is 0 Å². The minimum absolute atomic E-state index is 0.179. The summed E-state index contributed by atoms with van der Waals surface area (Å²) in [5.74, 6) is 0.868. The van der Waals surface area contributed by atoms with Gasteiger partial charge in [-0.1, -0.05) is 17.7 Å². The molecule has 27 heavy (non-hydrogen) atoms. The van der Waals surface area contributed by atoms with E-state index in [1.165, 1.54) is 0 Å². The third kappa shape index (κ3) is 3.82. The van der Waals surface area contributed by atoms with Gasteiger partial charge >= 0.3 is 0 Å². The number of halogens is 1. The van der Waals surface area contributed by atoms with Gasteiger partial charge in [-0.25, -0.2) is 9.97 Å². The van der Waals surface area contributed by atoms with Crippen LogP contribution >= 0.6 is 11.6 Å². The molecular formula is C17H17ClN8O. The van der Waals surface area contributed by atoms with Gasteiger partial charge in [-0.15, -0.1) is 10.2 Å². The van der Waals surface area contributed by atoms with Crippen molar-refractivity contribution < 1.29 is 4.79 Å². The van der Waals surface area contributed by atoms with Gasteiger partial charge in [-0.3, -0.25) is 4.79 Å². The number of H-pyrrole nitrogens is 1. The maximum absolute atomic E-state index is 12.9. The molecule has 0 unspecified atom stereocenters. The van der Waals surface area contributed by atoms with Gasteiger partial charge in [-0.05, 0) is 24.3 Å². The molecule has 9 nitrogen and oxygen atoms in total. The molecule has 1 fully saturated rings. The molecule has 2 N–H and O–H groups in total. The number of benzene rings is 1. The highest BCUT2D eigenvalue weighted by Crippen LogP contribution is 2.21. The normalized spacial score (nSPS) is 14.3. The number of anilines is 3. The fraction of sp³-hybridized carbons (Fsp3) is 0.235. The number of carbonyl (C=O) groups excluding carboxylic acids is 1. The zero-order chi connectivity index (χ0) is 18.6. The highest BCUT2D eigenvalue weighted by Gasteiger charge is 2.27. The molecule has 0 bridgehead atoms. The molecule has 0 spiro atoms. The van der Waals surface area contributed by atoms with Crippen LogP contribution in [0.25, 0.3) is 0 Å². The molecule has 1 aliphatic rings. The van der Waals surface area contributed by atoms with Crippen LogP contribution in [0, 0.1) is 0 Å². The molecule has 2 aromatic heterocycles. The van der Waals surface area contributed by atoms with Crippen molar-refractivity contribution in [3.05, 3.63) is 53.4 Å². The van der Waals surface area contributed by atoms with Crippen LogP contribution in [0.5, 0.6) is 0 Å². The number of hydrogen-bond donors (Lipinski definition) is 2. The third-order valence-corrected chi connectivity index (χ3v) is 4.47. The quantitative estimate of drug-likeness (QED) is 0.708. The van der Waals surface area contributed by atoms with Crippen molar-refractivity contribution in [2.24, 2.45) is 0 Å². The monoisotopic (exact) mass is 384 g/mol. The minimum atomic E-state index is -0.179. The van der Waals surface area contributed by atoms with Gasteiger partial charge in [-0.2, -0.15) is 5.21 Å². The van der Waals surface area contributed by atoms with E-state index in [0.29, 0.717) is 43.0 Å². The number of aromatic amines is 1. The number of hydrogen-bond acceptors (Lipinski definition) is 7. The Hall–Kier alpha value is -3.20. The lowest BCUT2D eigenvalue weighted by Gasteiger charge is -2.34. The molecule has 0 aliphatic carbocycles. The van der Waals surface area contributed by atoms with Gasteiger partial charge in [0.25, 0.3) is 5.91 Å². The molecule has 1 aliphatic heterocycles. The van der Waals surface area contributed by atoms with Gasteiger partial charge in [0.15, 0.2) is 11.5 Å². The molecule has 0 saturated carbocycles. The second-order valence-electron chi connectivity index (χ2n) is 5.98. The van der Waals surface area contributed by atoms with Gasteiger partial charge in [0.2, 0.25) is 5.95 Å². The Labute approximate surface area is 160 Å². The number of nitrogens with zero attached hydrogens (tertiary/aromatic N) is 6. The SMILES string of the molecule is O=C(c1n[nH]nc1Nc1cccc(Cl)c1)N1CCN(c2ncccn2)CC1. The molecule has 138 valence electrons. The Morgan fingerprint density at radius 3 is 2.59 bits per heavy atom. The number of nitrogens with one attached hydrogen (secondary N) is 2. The van der Waals surface area contributed by atoms with Gasteiger partial charge in [0.05, 0.1) is 0 Å². The predicted molar refractivity (Wildman–Crippen MR) is 101 cm³/mol. The van der Waals surface area contributed by atoms with Gasteiger partial charge in [0, 0.05) is 49.3 Å². The van der Waals surface area contributed by atoms with E-state index in [2.05, 4.69) is 35.6 Å². The van der Waals surface area contributed by atoms with E-state index in [0.717, 1.165) is 5.69 Å². The Kier molecular flexibility index (Phi) is 4.84. The van der Waals surface area contributed by atoms with Crippen LogP contribution < -0.4 is 10.2 Å². The maximum Gasteiger partial charge on any atom is 0.278 e. The zero-order valence-corrected chi connectivity index (χ0v) is 15.1. The summed E-state index contributed by atoms with van der Waals surface area (Å²) in [4.78, 5) is 25.2. The highest BCUT2D eigenvalue weighted by atomic mass is 35.5. The molecule has 3 aromatic rings. The Morgan fingerprint density at radius 1 is 1.07 bits per heavy atom. The standard InChI is InChI=1S/C17H17ClN8O/c18-12-3-1-4-13(11-12)21-15-14(22-24-23-15)16(27)25-7-9-26(10-8-25)17-19-5-2-6-20-17/h1-6,11H,7-10H2,(H2,21,22,23,24). The van der Waals surface area contributed by atoms with Crippen molar-refractivity contribution in [2.75, 3.05) is 36.4 Å². The lowest BCUT2D eigenvalue weighted by molar-refractivity contribution is 0.0741. The predicted octanol–water partition coefficient (Wildman–Crippen LogP) is 1.95. The lowest BCUT2D eigenvalue weighted by Crippen LogP contribution is -2.49. The van der Waals surface area contributed by atoms with Crippen LogP contribution in [-0.2, 0) is 0 Å². The summed E-state index contributed by atoms with van der Waals surface area (Å²) in [6.07, 6.45) is 3.42. The number of amides is 1. The van der Waals surface area contributed by atoms with Crippen molar-refractivity contribution >= 4 is 35.0 Å². The summed E-state index contributed by atoms with van der Waals surface area (Å²) in [5.41, 5.74) is 0.982. The fourth-order valence-electron chi connectivity index (χ4n) is 2.88. The topological polar surface area (TPSA) is 103 Å². The van der Waals surface area contributed by atoms with E-state index in [1.54, 1.807) is 35.5 Å². The summed E-state index contributed by atoms with van der Waals surface area (Å²) in [6, 6.07) is 8.97. The van der Waals surface area contributed by atoms with Crippen molar-refractivity contribution in [1.82, 2.24) is 30.3 Å². The molecule has 0 atom stereocenters. The number of aromatic nitrogens is 5. The first-order valence-electron chi connectivity index (χ1n) is 8.45. The Balaban J connectivity index is 1.43. The van der Waals surface area contributed by atoms with E-state index in [4.69, 9.17) is 11.6 Å². The zero-order valence-electron chi connectivity index (χ0n) is 14.3. The highest BCUT2D eigenvalue weighted by molar-refractivity contribution is 6.30. The van der Waals surface area contributed by atoms with E-state index in [1.807, 2.05) is 12.1 Å². The van der Waals surface area contributed by atoms with Crippen LogP contribution in [0.15, 0.2) is 42.7 Å². The summed E-state index contributed by atoms with van der Waals surface area (Å²) in [6.45, 7) is 2.43. The molecule has 1 amide bonds. The molecule has 1 saturated heterocycles. The molecule has 1 aromatic carbocycles. The molecule has 10 heteroatoms. The van der Waals surface area contributed by atoms with Crippen LogP contribution in [-0.4, -0.2) is 62.4 Å². The number of carbonyl (C=O) groups is 1. The third-order valence-electron chi connectivity index (χ3n) is 4.24. The average molecular weight is 385 g/mol. The summed E-state index contributed by atoms with van der Waals surface area (Å²) in [7, 11) is 0. The lowest BCUT2D eigenvalue weighted by atomic mass is 10.2. The Morgan fingerprint density at radius 2 is 1.85 bits per heavy atom. The van der Waals surface area contributed by atoms with Crippen LogP contribution in [0.1, 0.15) is 10.5 Å². The second kappa shape index (κ2) is 7.58. The van der Waals surface area contributed by atoms with E-state index < -0.39 is 0 Å². The summed E-state index contributed by atoms with van der Waals surface area (Å²) < 4.78 is 0. The molecule has 3 heterocycles. The van der Waals surface area contributed by atoms with Crippen molar-refractivity contribution in [3.63, 3.8) is 0 Å². The molecular weight excluding hydrogens is 368 g/mol. The van der Waals surface area contributed by atoms with Gasteiger partial charge < -0.3 is 15.1 Å². The van der Waals surface area contributed by atoms with Crippen LogP contribution in [0.3, 0.4) is 0 Å². The number of rotatable bonds is 4. The fourth-order valence-corrected chi connectivity index (χ4v) is 3.07. The number of piperazine rings is 1. The summed E-state index contributed by atoms with van der Waals surface area (Å²) >= 11 is 6.00. The molecule has 0 radical (unpaired) electrons. The van der Waals surface area contributed by atoms with E-state index >= 15 is 0 Å². The first-order valence-corrected chi connectivity index (χ1v) is 8.83. The van der Waals surface area contributed by atoms with Crippen molar-refractivity contribution in [2.45, 2.75) is 0 Å². The van der Waals surface area contributed by atoms with E-state index in [9.17, 15) is 4.79 Å². The van der Waals surface area contributed by atoms with Crippen LogP contribution in [0.2, 0.25) is 5.02 Å². The molecule has 4 rings (SSSR count). The first-order chi connectivity index (χ1) is 13.2. The van der Waals surface area contributed by atoms with Crippen molar-refractivity contribution in [1.29, 1.82) is 0 Å². The van der Waals surface area contributed by atoms with Crippen LogP contribution in [0.4, 0.5) is 17.5 Å². The largest absolute Gasteiger partial charge is 0.337 e. The van der Waals surface area contributed by atoms with Crippen molar-refractivity contribution in [3.8, 4) is 0 Å². The summed E-state index contributed by atoms with van der Waals surface area (Å²) in [5, 5.41) is 14.3. The average Bonchev–Trinajstić information content (AvgIpc) is 3.16. The smallest absolute Gasteiger partial charge is 0.278 e. The minimum Gasteiger partial charge on any atom is -0.337 e. The Bertz CT molecular complexity index is 923. The second-order valence-corrected chi connectivity index (χ2v) is 6.42. The maximum atomic E-state index is 12.9. The van der Waals surface area contributed by atoms with E-state index in [-0.39, 0.29) is 11.6 Å².